The van der Waals surface area contributed by atoms with Crippen molar-refractivity contribution < 1.29 is 82.8 Å². The molecule has 9 heteroatoms. The summed E-state index contributed by atoms with van der Waals surface area (Å²) in [6.07, 6.45) is 0.203. The van der Waals surface area contributed by atoms with Crippen LogP contribution in [0.25, 0.3) is 0 Å². The van der Waals surface area contributed by atoms with Crippen molar-refractivity contribution in [3.63, 3.8) is 0 Å². The zero-order valence-corrected chi connectivity index (χ0v) is 16.1. The molecule has 0 aliphatic rings. The molecule has 0 aliphatic heterocycles. The van der Waals surface area contributed by atoms with Crippen molar-refractivity contribution in [2.75, 3.05) is 20.3 Å². The fraction of sp³-hybridized carbons (Fsp3) is 0.417. The van der Waals surface area contributed by atoms with Crippen LogP contribution < -0.4 is 60.9 Å². The molecule has 0 saturated carbocycles. The number of carbonyl (C=O) groups excluding carboxylic acids is 1. The smallest absolute Gasteiger partial charge is 0.726 e. The third-order valence-electron chi connectivity index (χ3n) is 2.34. The van der Waals surface area contributed by atoms with E-state index < -0.39 is 10.4 Å². The molecule has 7 nitrogen and oxygen atoms in total. The van der Waals surface area contributed by atoms with E-state index in [2.05, 4.69) is 4.18 Å². The monoisotopic (exact) mass is 342 g/mol. The van der Waals surface area contributed by atoms with Crippen molar-refractivity contribution in [2.24, 2.45) is 0 Å². The molecule has 21 heavy (non-hydrogen) atoms. The number of benzene rings is 1. The second kappa shape index (κ2) is 9.90. The predicted octanol–water partition coefficient (Wildman–Crippen LogP) is -1.85. The zero-order valence-electron chi connectivity index (χ0n) is 12.1. The number of rotatable bonds is 8. The van der Waals surface area contributed by atoms with Crippen LogP contribution in [0.2, 0.25) is 0 Å². The van der Waals surface area contributed by atoms with E-state index in [-0.39, 0.29) is 76.8 Å². The number of hydrogen-bond donors (Lipinski definition) is 0. The molecule has 0 saturated heterocycles. The van der Waals surface area contributed by atoms with Crippen molar-refractivity contribution in [1.82, 2.24) is 0 Å². The van der Waals surface area contributed by atoms with Crippen LogP contribution in [0.1, 0.15) is 23.7 Å². The number of ketones is 1. The summed E-state index contributed by atoms with van der Waals surface area (Å²) in [5, 5.41) is 0. The summed E-state index contributed by atoms with van der Waals surface area (Å²) in [6, 6.07) is 4.75. The number of Topliss-reactive ketones (excluding diaryl/α,β-unsaturated/α-hetero) is 1. The minimum Gasteiger partial charge on any atom is -0.726 e. The normalized spacial score (nSPS) is 10.6. The molecule has 1 aromatic rings. The third-order valence-corrected chi connectivity index (χ3v) is 2.80. The average molecular weight is 342 g/mol. The van der Waals surface area contributed by atoms with Gasteiger partial charge in [0.05, 0.1) is 20.3 Å². The summed E-state index contributed by atoms with van der Waals surface area (Å²) in [5.41, 5.74) is 0.471. The molecule has 0 heterocycles. The SMILES string of the molecule is COc1ccc(C(C)=O)cc1OCCCOS(=O)(=O)[O-].[K+]. The predicted molar refractivity (Wildman–Crippen MR) is 68.8 cm³/mol. The molecule has 0 atom stereocenters. The molecule has 1 aromatic carbocycles. The molecular weight excluding hydrogens is 327 g/mol. The minimum absolute atomic E-state index is 0. The summed E-state index contributed by atoms with van der Waals surface area (Å²) in [7, 11) is -3.21. The maximum Gasteiger partial charge on any atom is 1.00 e. The Morgan fingerprint density at radius 1 is 1.24 bits per heavy atom. The molecule has 0 fully saturated rings. The van der Waals surface area contributed by atoms with Crippen LogP contribution in [0.15, 0.2) is 18.2 Å². The summed E-state index contributed by atoms with van der Waals surface area (Å²) >= 11 is 0. The second-order valence-electron chi connectivity index (χ2n) is 3.85. The van der Waals surface area contributed by atoms with Crippen molar-refractivity contribution in [1.29, 1.82) is 0 Å². The van der Waals surface area contributed by atoms with Gasteiger partial charge in [-0.2, -0.15) is 0 Å². The first-order chi connectivity index (χ1) is 9.33. The Morgan fingerprint density at radius 2 is 1.90 bits per heavy atom. The fourth-order valence-electron chi connectivity index (χ4n) is 1.41. The molecule has 0 amide bonds. The molecule has 0 radical (unpaired) electrons. The first-order valence-corrected chi connectivity index (χ1v) is 7.09. The first kappa shape index (κ1) is 21.0. The van der Waals surface area contributed by atoms with Crippen molar-refractivity contribution >= 4 is 16.2 Å². The fourth-order valence-corrected chi connectivity index (χ4v) is 1.73. The van der Waals surface area contributed by atoms with Crippen molar-refractivity contribution in [3.05, 3.63) is 23.8 Å². The number of hydrogen-bond acceptors (Lipinski definition) is 7. The van der Waals surface area contributed by atoms with Gasteiger partial charge in [-0.3, -0.25) is 8.98 Å². The molecule has 0 aromatic heterocycles. The molecule has 112 valence electrons. The maximum absolute atomic E-state index is 11.3. The van der Waals surface area contributed by atoms with Gasteiger partial charge in [-0.1, -0.05) is 0 Å². The summed E-state index contributed by atoms with van der Waals surface area (Å²) in [4.78, 5) is 11.3. The number of ether oxygens (including phenoxy) is 2. The van der Waals surface area contributed by atoms with E-state index in [1.807, 2.05) is 0 Å². The van der Waals surface area contributed by atoms with Gasteiger partial charge in [0.25, 0.3) is 0 Å². The standard InChI is InChI=1S/C12H16O7S.K/c1-9(13)10-4-5-11(17-2)12(8-10)18-6-3-7-19-20(14,15)16;/h4-5,8H,3,6-7H2,1-2H3,(H,14,15,16);/q;+1/p-1. The van der Waals surface area contributed by atoms with E-state index in [0.29, 0.717) is 17.1 Å². The summed E-state index contributed by atoms with van der Waals surface area (Å²) < 4.78 is 45.1. The number of carbonyl (C=O) groups is 1. The average Bonchev–Trinajstić information content (AvgIpc) is 2.36. The van der Waals surface area contributed by atoms with Gasteiger partial charge in [0.1, 0.15) is 0 Å². The van der Waals surface area contributed by atoms with Gasteiger partial charge >= 0.3 is 51.4 Å². The molecule has 1 rings (SSSR count). The number of methoxy groups -OCH3 is 1. The Labute approximate surface area is 166 Å². The summed E-state index contributed by atoms with van der Waals surface area (Å²) in [6.45, 7) is 1.28. The Hall–Kier alpha value is -0.00364. The molecule has 0 unspecified atom stereocenters. The molecular formula is C12H15KO7S. The van der Waals surface area contributed by atoms with Gasteiger partial charge in [-0.15, -0.1) is 0 Å². The van der Waals surface area contributed by atoms with Gasteiger partial charge < -0.3 is 14.0 Å². The minimum atomic E-state index is -4.67. The van der Waals surface area contributed by atoms with E-state index >= 15 is 0 Å². The second-order valence-corrected chi connectivity index (χ2v) is 4.91. The Morgan fingerprint density at radius 3 is 2.43 bits per heavy atom. The Balaban J connectivity index is 0.00000400. The zero-order chi connectivity index (χ0) is 15.2. The van der Waals surface area contributed by atoms with Gasteiger partial charge in [0.2, 0.25) is 10.4 Å². The van der Waals surface area contributed by atoms with Gasteiger partial charge in [-0.25, -0.2) is 8.42 Å². The van der Waals surface area contributed by atoms with E-state index in [1.165, 1.54) is 20.1 Å². The van der Waals surface area contributed by atoms with Gasteiger partial charge in [-0.05, 0) is 25.1 Å². The Kier molecular flexibility index (Phi) is 9.90. The van der Waals surface area contributed by atoms with Crippen molar-refractivity contribution in [3.8, 4) is 11.5 Å². The molecule has 0 aliphatic carbocycles. The maximum atomic E-state index is 11.3. The Bertz CT molecular complexity index is 571. The van der Waals surface area contributed by atoms with Crippen LogP contribution >= 0.6 is 0 Å². The van der Waals surface area contributed by atoms with E-state index in [1.54, 1.807) is 12.1 Å². The van der Waals surface area contributed by atoms with Crippen LogP contribution in [-0.2, 0) is 14.6 Å². The molecule has 0 bridgehead atoms. The molecule has 0 spiro atoms. The van der Waals surface area contributed by atoms with Crippen LogP contribution in [0, 0.1) is 0 Å². The van der Waals surface area contributed by atoms with Crippen LogP contribution in [0.4, 0.5) is 0 Å². The van der Waals surface area contributed by atoms with E-state index in [9.17, 15) is 17.8 Å². The first-order valence-electron chi connectivity index (χ1n) is 5.75. The largest absolute Gasteiger partial charge is 1.00 e. The summed E-state index contributed by atoms with van der Waals surface area (Å²) in [5.74, 6) is 0.704. The topological polar surface area (TPSA) is 102 Å². The van der Waals surface area contributed by atoms with Gasteiger partial charge in [0, 0.05) is 12.0 Å². The quantitative estimate of drug-likeness (QED) is 0.180. The van der Waals surface area contributed by atoms with Crippen LogP contribution in [0.5, 0.6) is 11.5 Å². The van der Waals surface area contributed by atoms with E-state index in [4.69, 9.17) is 9.47 Å². The van der Waals surface area contributed by atoms with Crippen molar-refractivity contribution in [2.45, 2.75) is 13.3 Å². The van der Waals surface area contributed by atoms with E-state index in [0.717, 1.165) is 0 Å². The van der Waals surface area contributed by atoms with Gasteiger partial charge in [0.15, 0.2) is 17.3 Å². The molecule has 0 N–H and O–H groups in total. The van der Waals surface area contributed by atoms with Crippen LogP contribution in [0.3, 0.4) is 0 Å². The third kappa shape index (κ3) is 8.26. The van der Waals surface area contributed by atoms with Crippen LogP contribution in [-0.4, -0.2) is 39.1 Å².